The van der Waals surface area contributed by atoms with Crippen LogP contribution in [0.15, 0.2) is 125 Å². The topological polar surface area (TPSA) is 34.4 Å². The lowest BCUT2D eigenvalue weighted by Gasteiger charge is -2.19. The molecule has 1 heterocycles. The van der Waals surface area contributed by atoms with Crippen molar-refractivity contribution in [1.82, 2.24) is 4.57 Å². The average Bonchev–Trinajstić information content (AvgIpc) is 3.32. The number of benzene rings is 5. The molecule has 0 fully saturated rings. The molecule has 0 unspecified atom stereocenters. The van der Waals surface area contributed by atoms with Crippen molar-refractivity contribution in [3.8, 4) is 16.8 Å². The second-order valence-electron chi connectivity index (χ2n) is 13.2. The third-order valence-corrected chi connectivity index (χ3v) is 8.43. The van der Waals surface area contributed by atoms with E-state index in [2.05, 4.69) is 142 Å². The normalized spacial score (nSPS) is 11.8. The largest absolute Gasteiger partial charge is 0.309 e. The molecule has 4 heteroatoms. The minimum absolute atomic E-state index is 0.109. The van der Waals surface area contributed by atoms with E-state index in [1.807, 2.05) is 31.2 Å². The van der Waals surface area contributed by atoms with Crippen LogP contribution in [-0.4, -0.2) is 4.57 Å². The van der Waals surface area contributed by atoms with Gasteiger partial charge in [0.1, 0.15) is 0 Å². The van der Waals surface area contributed by atoms with Crippen LogP contribution in [0.1, 0.15) is 58.2 Å². The summed E-state index contributed by atoms with van der Waals surface area (Å²) in [6, 6.07) is 41.2. The van der Waals surface area contributed by atoms with Crippen molar-refractivity contribution in [2.24, 2.45) is 4.58 Å². The number of hydrogen-bond acceptors (Lipinski definition) is 3. The van der Waals surface area contributed by atoms with Gasteiger partial charge >= 0.3 is 0 Å². The molecular weight excluding hydrogens is 545 g/mol. The van der Waals surface area contributed by atoms with Gasteiger partial charge in [-0.2, -0.15) is 0 Å². The van der Waals surface area contributed by atoms with E-state index in [0.717, 1.165) is 16.8 Å². The maximum Gasteiger partial charge on any atom is 0.0570 e. The highest BCUT2D eigenvalue weighted by Crippen LogP contribution is 2.38. The van der Waals surface area contributed by atoms with Crippen LogP contribution in [0.4, 0.5) is 0 Å². The van der Waals surface area contributed by atoms with Crippen LogP contribution in [0.2, 0.25) is 0 Å². The van der Waals surface area contributed by atoms with Crippen LogP contribution in [0.3, 0.4) is 0 Å². The first-order valence-electron chi connectivity index (χ1n) is 14.8. The van der Waals surface area contributed by atoms with Crippen molar-refractivity contribution in [2.45, 2.75) is 64.2 Å². The molecule has 43 heavy (non-hydrogen) atoms. The van der Waals surface area contributed by atoms with Gasteiger partial charge in [0.15, 0.2) is 0 Å². The van der Waals surface area contributed by atoms with E-state index in [0.29, 0.717) is 0 Å². The molecule has 0 amide bonds. The zero-order valence-electron chi connectivity index (χ0n) is 26.2. The van der Waals surface area contributed by atoms with Gasteiger partial charge in [0.25, 0.3) is 0 Å². The molecule has 0 aliphatic carbocycles. The Morgan fingerprint density at radius 3 is 1.63 bits per heavy atom. The van der Waals surface area contributed by atoms with Gasteiger partial charge in [-0.25, -0.2) is 0 Å². The number of fused-ring (bicyclic) bond motifs is 3. The van der Waals surface area contributed by atoms with Crippen molar-refractivity contribution in [3.63, 3.8) is 0 Å². The van der Waals surface area contributed by atoms with Gasteiger partial charge in [0.2, 0.25) is 0 Å². The Morgan fingerprint density at radius 1 is 0.581 bits per heavy atom. The molecule has 1 aromatic heterocycles. The second kappa shape index (κ2) is 12.2. The van der Waals surface area contributed by atoms with Gasteiger partial charge in [-0.15, -0.1) is 4.91 Å². The number of hydrogen-bond donors (Lipinski definition) is 0. The van der Waals surface area contributed by atoms with E-state index in [4.69, 9.17) is 0 Å². The van der Waals surface area contributed by atoms with Crippen molar-refractivity contribution >= 4 is 33.8 Å². The molecule has 0 atom stereocenters. The Kier molecular flexibility index (Phi) is 8.62. The van der Waals surface area contributed by atoms with Crippen LogP contribution in [-0.2, 0) is 10.8 Å². The zero-order valence-corrected chi connectivity index (χ0v) is 27.0. The van der Waals surface area contributed by atoms with Crippen LogP contribution >= 0.6 is 11.9 Å². The van der Waals surface area contributed by atoms with E-state index in [1.54, 1.807) is 0 Å². The minimum atomic E-state index is 0.109. The van der Waals surface area contributed by atoms with E-state index < -0.39 is 0 Å². The molecule has 218 valence electrons. The first kappa shape index (κ1) is 30.3. The van der Waals surface area contributed by atoms with E-state index in [1.165, 1.54) is 55.3 Å². The maximum absolute atomic E-state index is 9.77. The first-order chi connectivity index (χ1) is 20.5. The summed E-state index contributed by atoms with van der Waals surface area (Å²) in [5.41, 5.74) is 10.3. The fourth-order valence-corrected chi connectivity index (χ4v) is 5.68. The molecule has 0 aliphatic rings. The molecule has 0 bridgehead atoms. The molecule has 6 aromatic rings. The molecular formula is C39H40N2OS. The van der Waals surface area contributed by atoms with Crippen LogP contribution in [0.25, 0.3) is 38.6 Å². The van der Waals surface area contributed by atoms with E-state index in [-0.39, 0.29) is 10.8 Å². The molecule has 0 spiro atoms. The van der Waals surface area contributed by atoms with Crippen LogP contribution in [0.5, 0.6) is 0 Å². The van der Waals surface area contributed by atoms with Crippen LogP contribution in [0, 0.1) is 11.8 Å². The maximum atomic E-state index is 9.77. The summed E-state index contributed by atoms with van der Waals surface area (Å²) in [5.74, 6) is 0. The summed E-state index contributed by atoms with van der Waals surface area (Å²) in [7, 11) is 0. The monoisotopic (exact) mass is 584 g/mol. The summed E-state index contributed by atoms with van der Waals surface area (Å²) >= 11 is 0.953. The molecule has 0 saturated heterocycles. The Bertz CT molecular complexity index is 1800. The number of aromatic nitrogens is 1. The predicted octanol–water partition coefficient (Wildman–Crippen LogP) is 11.8. The lowest BCUT2D eigenvalue weighted by molar-refractivity contribution is 0.590. The van der Waals surface area contributed by atoms with Crippen molar-refractivity contribution in [2.75, 3.05) is 0 Å². The average molecular weight is 585 g/mol. The summed E-state index contributed by atoms with van der Waals surface area (Å²) in [6.07, 6.45) is 0. The molecule has 6 rings (SSSR count). The highest BCUT2D eigenvalue weighted by molar-refractivity contribution is 7.98. The summed E-state index contributed by atoms with van der Waals surface area (Å²) in [4.78, 5) is 10.7. The summed E-state index contributed by atoms with van der Waals surface area (Å²) in [6.45, 7) is 15.7. The van der Waals surface area contributed by atoms with Gasteiger partial charge in [-0.3, -0.25) is 0 Å². The lowest BCUT2D eigenvalue weighted by atomic mass is 9.85. The van der Waals surface area contributed by atoms with E-state index in [9.17, 15) is 4.91 Å². The fourth-order valence-electron chi connectivity index (χ4n) is 5.33. The Balaban J connectivity index is 0.000000314. The van der Waals surface area contributed by atoms with Crippen molar-refractivity contribution < 1.29 is 0 Å². The molecule has 0 saturated carbocycles. The predicted molar refractivity (Wildman–Crippen MR) is 186 cm³/mol. The van der Waals surface area contributed by atoms with Gasteiger partial charge in [0, 0.05) is 25.9 Å². The lowest BCUT2D eigenvalue weighted by Crippen LogP contribution is -2.10. The third-order valence-electron chi connectivity index (χ3n) is 7.87. The Morgan fingerprint density at radius 2 is 1.12 bits per heavy atom. The smallest absolute Gasteiger partial charge is 0.0570 e. The Hall–Kier alpha value is -4.15. The molecule has 5 aromatic carbocycles. The molecule has 3 nitrogen and oxygen atoms in total. The fraction of sp³-hybridized carbons (Fsp3) is 0.231. The first-order valence-corrected chi connectivity index (χ1v) is 15.5. The number of nitrogens with zero attached hydrogens (tertiary/aromatic N) is 2. The minimum Gasteiger partial charge on any atom is -0.309 e. The molecule has 0 radical (unpaired) electrons. The van der Waals surface area contributed by atoms with Crippen LogP contribution < -0.4 is 0 Å². The quantitative estimate of drug-likeness (QED) is 0.153. The van der Waals surface area contributed by atoms with Gasteiger partial charge < -0.3 is 4.57 Å². The standard InChI is InChI=1S/C32H33N.C7H7NOS/c1-31(2,3)24-15-17-29-27(20-24)28-21-25(32(4,5)6)16-18-30(28)33(29)26-14-10-13-23(19-26)22-11-8-7-9-12-22;1-6-2-4-7(5-3-6)10-8-9/h7-21H,1-6H3;2-5H,1H3. The number of aryl methyl sites for hydroxylation is 1. The SMILES string of the molecule is CC(C)(C)c1ccc2c(c1)c1cc(C(C)(C)C)ccc1n2-c1cccc(-c2ccccc2)c1.Cc1ccc(SN=O)cc1. The number of nitroso groups, excluding NO2 is 1. The van der Waals surface area contributed by atoms with Gasteiger partial charge in [0.05, 0.1) is 23.0 Å². The van der Waals surface area contributed by atoms with Crippen molar-refractivity contribution in [1.29, 1.82) is 0 Å². The second-order valence-corrected chi connectivity index (χ2v) is 14.0. The summed E-state index contributed by atoms with van der Waals surface area (Å²) in [5, 5.41) is 2.65. The molecule has 0 N–H and O–H groups in total. The van der Waals surface area contributed by atoms with Gasteiger partial charge in [-0.1, -0.05) is 114 Å². The van der Waals surface area contributed by atoms with E-state index >= 15 is 0 Å². The zero-order chi connectivity index (χ0) is 30.8. The van der Waals surface area contributed by atoms with Crippen molar-refractivity contribution in [3.05, 3.63) is 137 Å². The van der Waals surface area contributed by atoms with Gasteiger partial charge in [-0.05, 0) is 88.5 Å². The third kappa shape index (κ3) is 6.76. The highest BCUT2D eigenvalue weighted by atomic mass is 32.2. The molecule has 0 aliphatic heterocycles. The highest BCUT2D eigenvalue weighted by Gasteiger charge is 2.20. The summed E-state index contributed by atoms with van der Waals surface area (Å²) < 4.78 is 5.13. The Labute approximate surface area is 260 Å². The number of rotatable bonds is 4.